The molecule has 2 aromatic rings. The topological polar surface area (TPSA) is 59.3 Å². The Morgan fingerprint density at radius 2 is 1.96 bits per heavy atom. The summed E-state index contributed by atoms with van der Waals surface area (Å²) in [7, 11) is 0. The Labute approximate surface area is 154 Å². The van der Waals surface area contributed by atoms with Crippen molar-refractivity contribution in [3.05, 3.63) is 46.2 Å². The zero-order valence-electron chi connectivity index (χ0n) is 15.0. The van der Waals surface area contributed by atoms with Gasteiger partial charge in [-0.05, 0) is 63.4 Å². The average molecular weight is 364 g/mol. The van der Waals surface area contributed by atoms with Gasteiger partial charge in [-0.1, -0.05) is 11.6 Å². The van der Waals surface area contributed by atoms with Crippen molar-refractivity contribution in [2.45, 2.75) is 58.4 Å². The maximum absolute atomic E-state index is 10.5. The maximum atomic E-state index is 10.5. The molecule has 1 aromatic carbocycles. The number of halogens is 1. The van der Waals surface area contributed by atoms with Crippen molar-refractivity contribution in [1.82, 2.24) is 15.1 Å². The summed E-state index contributed by atoms with van der Waals surface area (Å²) in [6, 6.07) is 7.31. The molecule has 0 saturated heterocycles. The zero-order valence-corrected chi connectivity index (χ0v) is 15.8. The Kier molecular flexibility index (Phi) is 5.67. The average Bonchev–Trinajstić information content (AvgIpc) is 3.06. The van der Waals surface area contributed by atoms with E-state index >= 15 is 0 Å². The lowest BCUT2D eigenvalue weighted by atomic mass is 10.2. The van der Waals surface area contributed by atoms with Gasteiger partial charge in [0.25, 0.3) is 0 Å². The Hall–Kier alpha value is -1.56. The minimum atomic E-state index is -0.516. The van der Waals surface area contributed by atoms with Gasteiger partial charge in [0.2, 0.25) is 0 Å². The lowest BCUT2D eigenvalue weighted by molar-refractivity contribution is 0.0451. The summed E-state index contributed by atoms with van der Waals surface area (Å²) >= 11 is 5.89. The molecule has 0 spiro atoms. The summed E-state index contributed by atoms with van der Waals surface area (Å²) in [6.07, 6.45) is 1.03. The molecule has 0 bridgehead atoms. The summed E-state index contributed by atoms with van der Waals surface area (Å²) in [4.78, 5) is 0. The molecule has 5 nitrogen and oxygen atoms in total. The van der Waals surface area contributed by atoms with Crippen molar-refractivity contribution in [3.8, 4) is 5.75 Å². The van der Waals surface area contributed by atoms with E-state index in [0.29, 0.717) is 5.02 Å². The quantitative estimate of drug-likeness (QED) is 0.828. The number of rotatable bonds is 6. The third kappa shape index (κ3) is 4.17. The first kappa shape index (κ1) is 18.2. The monoisotopic (exact) mass is 363 g/mol. The number of ether oxygens (including phenoxy) is 1. The van der Waals surface area contributed by atoms with Crippen LogP contribution in [0.2, 0.25) is 5.02 Å². The van der Waals surface area contributed by atoms with E-state index in [9.17, 15) is 5.11 Å². The number of aryl methyl sites for hydroxylation is 1. The van der Waals surface area contributed by atoms with Crippen molar-refractivity contribution < 1.29 is 9.84 Å². The van der Waals surface area contributed by atoms with Gasteiger partial charge in [-0.2, -0.15) is 5.10 Å². The van der Waals surface area contributed by atoms with E-state index in [2.05, 4.69) is 24.3 Å². The van der Waals surface area contributed by atoms with E-state index in [1.165, 1.54) is 11.3 Å². The molecule has 25 heavy (non-hydrogen) atoms. The Balaban J connectivity index is 1.49. The number of aromatic nitrogens is 2. The molecule has 1 fully saturated rings. The Morgan fingerprint density at radius 1 is 1.24 bits per heavy atom. The van der Waals surface area contributed by atoms with Crippen molar-refractivity contribution in [2.75, 3.05) is 6.54 Å². The molecule has 1 aliphatic carbocycles. The van der Waals surface area contributed by atoms with Gasteiger partial charge < -0.3 is 15.2 Å². The fourth-order valence-corrected chi connectivity index (χ4v) is 3.47. The van der Waals surface area contributed by atoms with E-state index < -0.39 is 6.10 Å². The normalized spacial score (nSPS) is 23.2. The van der Waals surface area contributed by atoms with Crippen LogP contribution in [0.1, 0.15) is 29.8 Å². The van der Waals surface area contributed by atoms with E-state index in [1.807, 2.05) is 23.7 Å². The van der Waals surface area contributed by atoms with Crippen LogP contribution in [0, 0.1) is 20.8 Å². The van der Waals surface area contributed by atoms with Crippen LogP contribution >= 0.6 is 11.6 Å². The highest BCUT2D eigenvalue weighted by Crippen LogP contribution is 2.26. The molecule has 1 heterocycles. The minimum absolute atomic E-state index is 0.0513. The SMILES string of the molecule is Cc1nn(CCN[C@@H]2CC[C@@H](Oc3ccc(Cl)cc3)[C@H]2O)c(C)c1C. The lowest BCUT2D eigenvalue weighted by Crippen LogP contribution is -2.42. The van der Waals surface area contributed by atoms with E-state index in [1.54, 1.807) is 12.1 Å². The molecule has 2 N–H and O–H groups in total. The van der Waals surface area contributed by atoms with Crippen LogP contribution in [0.5, 0.6) is 5.75 Å². The molecule has 3 rings (SSSR count). The van der Waals surface area contributed by atoms with Crippen LogP contribution in [-0.4, -0.2) is 39.7 Å². The number of hydrogen-bond acceptors (Lipinski definition) is 4. The lowest BCUT2D eigenvalue weighted by Gasteiger charge is -2.22. The fraction of sp³-hybridized carbons (Fsp3) is 0.526. The van der Waals surface area contributed by atoms with Gasteiger partial charge in [0.1, 0.15) is 18.0 Å². The Bertz CT molecular complexity index is 714. The first-order chi connectivity index (χ1) is 12.0. The molecule has 0 unspecified atom stereocenters. The third-order valence-corrected chi connectivity index (χ3v) is 5.38. The second-order valence-electron chi connectivity index (χ2n) is 6.76. The van der Waals surface area contributed by atoms with E-state index in [0.717, 1.165) is 37.4 Å². The van der Waals surface area contributed by atoms with Crippen molar-refractivity contribution in [2.24, 2.45) is 0 Å². The van der Waals surface area contributed by atoms with Crippen LogP contribution in [-0.2, 0) is 6.54 Å². The highest BCUT2D eigenvalue weighted by atomic mass is 35.5. The number of nitrogens with one attached hydrogen (secondary N) is 1. The molecule has 1 aliphatic rings. The first-order valence-corrected chi connectivity index (χ1v) is 9.18. The molecule has 0 radical (unpaired) electrons. The van der Waals surface area contributed by atoms with E-state index in [-0.39, 0.29) is 12.1 Å². The highest BCUT2D eigenvalue weighted by molar-refractivity contribution is 6.30. The van der Waals surface area contributed by atoms with Crippen LogP contribution in [0.15, 0.2) is 24.3 Å². The molecular formula is C19H26ClN3O2. The molecular weight excluding hydrogens is 338 g/mol. The summed E-state index contributed by atoms with van der Waals surface area (Å²) in [5.41, 5.74) is 3.53. The summed E-state index contributed by atoms with van der Waals surface area (Å²) < 4.78 is 7.94. The van der Waals surface area contributed by atoms with Crippen LogP contribution < -0.4 is 10.1 Å². The van der Waals surface area contributed by atoms with Gasteiger partial charge >= 0.3 is 0 Å². The predicted octanol–water partition coefficient (Wildman–Crippen LogP) is 3.02. The van der Waals surface area contributed by atoms with Crippen molar-refractivity contribution in [1.29, 1.82) is 0 Å². The van der Waals surface area contributed by atoms with Crippen LogP contribution in [0.25, 0.3) is 0 Å². The molecule has 1 aromatic heterocycles. The molecule has 0 amide bonds. The van der Waals surface area contributed by atoms with Gasteiger partial charge in [-0.3, -0.25) is 4.68 Å². The summed E-state index contributed by atoms with van der Waals surface area (Å²) in [6.45, 7) is 7.80. The second kappa shape index (κ2) is 7.77. The van der Waals surface area contributed by atoms with E-state index in [4.69, 9.17) is 16.3 Å². The molecule has 6 heteroatoms. The van der Waals surface area contributed by atoms with Gasteiger partial charge in [0.15, 0.2) is 0 Å². The van der Waals surface area contributed by atoms with Crippen LogP contribution in [0.3, 0.4) is 0 Å². The first-order valence-electron chi connectivity index (χ1n) is 8.80. The van der Waals surface area contributed by atoms with Crippen LogP contribution in [0.4, 0.5) is 0 Å². The van der Waals surface area contributed by atoms with Gasteiger partial charge in [-0.25, -0.2) is 0 Å². The minimum Gasteiger partial charge on any atom is -0.488 e. The van der Waals surface area contributed by atoms with Gasteiger partial charge in [-0.15, -0.1) is 0 Å². The Morgan fingerprint density at radius 3 is 2.60 bits per heavy atom. The molecule has 3 atom stereocenters. The number of aliphatic hydroxyl groups excluding tert-OH is 1. The smallest absolute Gasteiger partial charge is 0.126 e. The van der Waals surface area contributed by atoms with Crippen molar-refractivity contribution in [3.63, 3.8) is 0 Å². The zero-order chi connectivity index (χ0) is 18.0. The summed E-state index contributed by atoms with van der Waals surface area (Å²) in [5.74, 6) is 0.743. The van der Waals surface area contributed by atoms with Gasteiger partial charge in [0, 0.05) is 23.3 Å². The summed E-state index contributed by atoms with van der Waals surface area (Å²) in [5, 5.41) is 19.2. The number of benzene rings is 1. The predicted molar refractivity (Wildman–Crippen MR) is 99.3 cm³/mol. The fourth-order valence-electron chi connectivity index (χ4n) is 3.34. The number of nitrogens with zero attached hydrogens (tertiary/aromatic N) is 2. The van der Waals surface area contributed by atoms with Crippen molar-refractivity contribution >= 4 is 11.6 Å². The third-order valence-electron chi connectivity index (χ3n) is 5.13. The maximum Gasteiger partial charge on any atom is 0.126 e. The largest absolute Gasteiger partial charge is 0.488 e. The highest BCUT2D eigenvalue weighted by Gasteiger charge is 2.35. The molecule has 0 aliphatic heterocycles. The molecule has 136 valence electrons. The second-order valence-corrected chi connectivity index (χ2v) is 7.19. The number of aliphatic hydroxyl groups is 1. The standard InChI is InChI=1S/C19H26ClN3O2/c1-12-13(2)22-23(14(12)3)11-10-21-17-8-9-18(19(17)24)25-16-6-4-15(20)5-7-16/h4-7,17-19,21,24H,8-11H2,1-3H3/t17-,18-,19+/m1/s1. The molecule has 1 saturated carbocycles. The number of hydrogen-bond donors (Lipinski definition) is 2. The van der Waals surface area contributed by atoms with Gasteiger partial charge in [0.05, 0.1) is 12.2 Å².